The molecule has 4 heterocycles. The number of H-pyrrole nitrogens is 1. The Hall–Kier alpha value is -2.81. The molecule has 1 aromatic carbocycles. The predicted octanol–water partition coefficient (Wildman–Crippen LogP) is 5.73. The van der Waals surface area contributed by atoms with Crippen LogP contribution in [0.3, 0.4) is 0 Å². The molecule has 5 rings (SSSR count). The van der Waals surface area contributed by atoms with Crippen molar-refractivity contribution in [2.75, 3.05) is 5.32 Å². The first-order valence-electron chi connectivity index (χ1n) is 8.11. The highest BCUT2D eigenvalue weighted by Gasteiger charge is 2.18. The highest BCUT2D eigenvalue weighted by molar-refractivity contribution is 7.24. The number of anilines is 1. The molecule has 4 aromatic heterocycles. The maximum Gasteiger partial charge on any atom is 0.257 e. The summed E-state index contributed by atoms with van der Waals surface area (Å²) in [6.45, 7) is 0. The average Bonchev–Trinajstić information content (AvgIpc) is 3.47. The molecule has 0 bridgehead atoms. The van der Waals surface area contributed by atoms with Gasteiger partial charge in [-0.05, 0) is 41.1 Å². The van der Waals surface area contributed by atoms with E-state index in [0.717, 1.165) is 31.4 Å². The number of nitrogens with one attached hydrogen (secondary N) is 2. The Morgan fingerprint density at radius 2 is 1.85 bits per heavy atom. The Bertz CT molecular complexity index is 1170. The molecule has 8 heteroatoms. The monoisotopic (exact) mass is 408 g/mol. The SMILES string of the molecule is O=C(Nc1nc(-c2cccs2)c(-c2cccs2)s1)c1ccc2nc[nH]c2c1. The number of nitrogens with zero attached hydrogens (tertiary/aromatic N) is 2. The third-order valence-electron chi connectivity index (χ3n) is 4.03. The van der Waals surface area contributed by atoms with Gasteiger partial charge in [0.2, 0.25) is 0 Å². The summed E-state index contributed by atoms with van der Waals surface area (Å²) in [4.78, 5) is 27.9. The lowest BCUT2D eigenvalue weighted by Crippen LogP contribution is -2.11. The molecule has 1 amide bonds. The lowest BCUT2D eigenvalue weighted by Gasteiger charge is -2.01. The molecular weight excluding hydrogens is 396 g/mol. The summed E-state index contributed by atoms with van der Waals surface area (Å²) in [7, 11) is 0. The van der Waals surface area contributed by atoms with Gasteiger partial charge in [-0.15, -0.1) is 22.7 Å². The van der Waals surface area contributed by atoms with Gasteiger partial charge in [0, 0.05) is 10.4 Å². The third-order valence-corrected chi connectivity index (χ3v) is 6.93. The van der Waals surface area contributed by atoms with Crippen LogP contribution >= 0.6 is 34.0 Å². The predicted molar refractivity (Wildman–Crippen MR) is 113 cm³/mol. The second-order valence-electron chi connectivity index (χ2n) is 5.74. The fraction of sp³-hybridized carbons (Fsp3) is 0. The first kappa shape index (κ1) is 16.4. The Morgan fingerprint density at radius 1 is 1.04 bits per heavy atom. The summed E-state index contributed by atoms with van der Waals surface area (Å²) < 4.78 is 0. The van der Waals surface area contributed by atoms with Gasteiger partial charge in [0.25, 0.3) is 5.91 Å². The van der Waals surface area contributed by atoms with Gasteiger partial charge in [-0.2, -0.15) is 0 Å². The van der Waals surface area contributed by atoms with E-state index in [9.17, 15) is 4.79 Å². The summed E-state index contributed by atoms with van der Waals surface area (Å²) >= 11 is 4.81. The van der Waals surface area contributed by atoms with Gasteiger partial charge in [-0.1, -0.05) is 23.5 Å². The minimum absolute atomic E-state index is 0.185. The molecule has 0 unspecified atom stereocenters. The van der Waals surface area contributed by atoms with Crippen molar-refractivity contribution in [3.05, 3.63) is 65.1 Å². The first-order valence-corrected chi connectivity index (χ1v) is 10.7. The summed E-state index contributed by atoms with van der Waals surface area (Å²) in [6.07, 6.45) is 1.62. The molecule has 0 aliphatic heterocycles. The van der Waals surface area contributed by atoms with Crippen LogP contribution in [0.2, 0.25) is 0 Å². The van der Waals surface area contributed by atoms with Crippen LogP contribution < -0.4 is 5.32 Å². The van der Waals surface area contributed by atoms with Crippen molar-refractivity contribution in [1.82, 2.24) is 15.0 Å². The quantitative estimate of drug-likeness (QED) is 0.399. The van der Waals surface area contributed by atoms with Crippen molar-refractivity contribution in [2.45, 2.75) is 0 Å². The molecule has 0 spiro atoms. The minimum atomic E-state index is -0.185. The molecule has 0 aliphatic rings. The molecule has 27 heavy (non-hydrogen) atoms. The molecule has 0 fully saturated rings. The average molecular weight is 409 g/mol. The van der Waals surface area contributed by atoms with E-state index in [2.05, 4.69) is 27.4 Å². The number of aromatic amines is 1. The number of amides is 1. The minimum Gasteiger partial charge on any atom is -0.345 e. The van der Waals surface area contributed by atoms with Gasteiger partial charge in [0.05, 0.1) is 27.1 Å². The Kier molecular flexibility index (Phi) is 4.08. The number of imidazole rings is 1. The van der Waals surface area contributed by atoms with E-state index < -0.39 is 0 Å². The Labute approximate surface area is 166 Å². The molecule has 0 saturated carbocycles. The van der Waals surface area contributed by atoms with E-state index >= 15 is 0 Å². The number of fused-ring (bicyclic) bond motifs is 1. The molecule has 5 aromatic rings. The fourth-order valence-corrected chi connectivity index (χ4v) is 5.39. The van der Waals surface area contributed by atoms with Crippen molar-refractivity contribution in [3.8, 4) is 20.3 Å². The second-order valence-corrected chi connectivity index (χ2v) is 8.63. The largest absolute Gasteiger partial charge is 0.345 e. The number of thiazole rings is 1. The Balaban J connectivity index is 1.49. The van der Waals surface area contributed by atoms with E-state index in [-0.39, 0.29) is 5.91 Å². The van der Waals surface area contributed by atoms with Crippen LogP contribution in [0, 0.1) is 0 Å². The summed E-state index contributed by atoms with van der Waals surface area (Å²) in [6, 6.07) is 13.6. The fourth-order valence-electron chi connectivity index (χ4n) is 2.77. The van der Waals surface area contributed by atoms with Gasteiger partial charge < -0.3 is 4.98 Å². The lowest BCUT2D eigenvalue weighted by atomic mass is 10.2. The number of carbonyl (C=O) groups is 1. The molecule has 0 saturated heterocycles. The van der Waals surface area contributed by atoms with E-state index in [1.807, 2.05) is 29.0 Å². The molecule has 0 atom stereocenters. The number of thiophene rings is 2. The summed E-state index contributed by atoms with van der Waals surface area (Å²) in [5, 5.41) is 7.62. The first-order chi connectivity index (χ1) is 13.3. The van der Waals surface area contributed by atoms with E-state index in [1.54, 1.807) is 41.1 Å². The molecule has 132 valence electrons. The van der Waals surface area contributed by atoms with Gasteiger partial charge >= 0.3 is 0 Å². The molecular formula is C19H12N4OS3. The van der Waals surface area contributed by atoms with Crippen LogP contribution in [0.4, 0.5) is 5.13 Å². The van der Waals surface area contributed by atoms with Crippen molar-refractivity contribution < 1.29 is 4.79 Å². The van der Waals surface area contributed by atoms with E-state index in [1.165, 1.54) is 11.3 Å². The number of hydrogen-bond acceptors (Lipinski definition) is 6. The lowest BCUT2D eigenvalue weighted by molar-refractivity contribution is 0.102. The van der Waals surface area contributed by atoms with Crippen molar-refractivity contribution in [2.24, 2.45) is 0 Å². The molecule has 0 radical (unpaired) electrons. The molecule has 5 nitrogen and oxygen atoms in total. The number of rotatable bonds is 4. The molecule has 2 N–H and O–H groups in total. The van der Waals surface area contributed by atoms with E-state index in [4.69, 9.17) is 4.98 Å². The zero-order valence-corrected chi connectivity index (χ0v) is 16.3. The zero-order valence-electron chi connectivity index (χ0n) is 13.8. The summed E-state index contributed by atoms with van der Waals surface area (Å²) in [5.41, 5.74) is 3.15. The summed E-state index contributed by atoms with van der Waals surface area (Å²) in [5.74, 6) is -0.185. The topological polar surface area (TPSA) is 70.7 Å². The van der Waals surface area contributed by atoms with Crippen molar-refractivity contribution >= 4 is 56.1 Å². The standard InChI is InChI=1S/C19H12N4OS3/c24-18(11-5-6-12-13(9-11)21-10-20-12)23-19-22-16(14-3-1-7-25-14)17(27-19)15-4-2-8-26-15/h1-10H,(H,20,21)(H,22,23,24). The van der Waals surface area contributed by atoms with Crippen molar-refractivity contribution in [3.63, 3.8) is 0 Å². The number of hydrogen-bond donors (Lipinski definition) is 2. The van der Waals surface area contributed by atoms with Gasteiger partial charge in [0.1, 0.15) is 5.69 Å². The highest BCUT2D eigenvalue weighted by Crippen LogP contribution is 2.42. The maximum atomic E-state index is 12.7. The van der Waals surface area contributed by atoms with Crippen LogP contribution in [0.15, 0.2) is 59.6 Å². The van der Waals surface area contributed by atoms with Crippen LogP contribution in [0.25, 0.3) is 31.4 Å². The third kappa shape index (κ3) is 3.08. The maximum absolute atomic E-state index is 12.7. The van der Waals surface area contributed by atoms with E-state index in [0.29, 0.717) is 10.7 Å². The van der Waals surface area contributed by atoms with Crippen LogP contribution in [0.5, 0.6) is 0 Å². The van der Waals surface area contributed by atoms with Gasteiger partial charge in [-0.3, -0.25) is 10.1 Å². The second kappa shape index (κ2) is 6.73. The van der Waals surface area contributed by atoms with Crippen LogP contribution in [-0.2, 0) is 0 Å². The number of carbonyl (C=O) groups excluding carboxylic acids is 1. The van der Waals surface area contributed by atoms with Crippen LogP contribution in [-0.4, -0.2) is 20.9 Å². The highest BCUT2D eigenvalue weighted by atomic mass is 32.1. The van der Waals surface area contributed by atoms with Gasteiger partial charge in [-0.25, -0.2) is 9.97 Å². The van der Waals surface area contributed by atoms with Crippen LogP contribution in [0.1, 0.15) is 10.4 Å². The smallest absolute Gasteiger partial charge is 0.257 e. The van der Waals surface area contributed by atoms with Gasteiger partial charge in [0.15, 0.2) is 5.13 Å². The van der Waals surface area contributed by atoms with Crippen molar-refractivity contribution in [1.29, 1.82) is 0 Å². The normalized spacial score (nSPS) is 11.1. The number of aromatic nitrogens is 3. The zero-order chi connectivity index (χ0) is 18.2. The molecule has 0 aliphatic carbocycles. The number of benzene rings is 1. The Morgan fingerprint density at radius 3 is 2.63 bits per heavy atom.